The Bertz CT molecular complexity index is 957. The Balaban J connectivity index is 2.47. The van der Waals surface area contributed by atoms with E-state index in [1.54, 1.807) is 26.0 Å². The minimum atomic E-state index is -3.43. The van der Waals surface area contributed by atoms with E-state index in [9.17, 15) is 32.7 Å². The summed E-state index contributed by atoms with van der Waals surface area (Å²) in [5.41, 5.74) is 0. The fourth-order valence-electron chi connectivity index (χ4n) is 3.78. The molecule has 37 heavy (non-hydrogen) atoms. The Kier molecular flexibility index (Phi) is 12.7. The average Bonchev–Trinajstić information content (AvgIpc) is 2.82. The van der Waals surface area contributed by atoms with Crippen LogP contribution in [0.5, 0.6) is 0 Å². The highest BCUT2D eigenvalue weighted by Crippen LogP contribution is 2.24. The van der Waals surface area contributed by atoms with Gasteiger partial charge in [0.25, 0.3) is 0 Å². The van der Waals surface area contributed by atoms with Gasteiger partial charge in [0.15, 0.2) is 0 Å². The second kappa shape index (κ2) is 15.0. The van der Waals surface area contributed by atoms with Gasteiger partial charge in [-0.1, -0.05) is 48.4 Å². The van der Waals surface area contributed by atoms with Gasteiger partial charge in [-0.3, -0.25) is 19.2 Å². The molecule has 0 radical (unpaired) electrons. The Hall–Kier alpha value is -1.77. The minimum absolute atomic E-state index is 0.115. The van der Waals surface area contributed by atoms with Crippen LogP contribution < -0.4 is 16.0 Å². The van der Waals surface area contributed by atoms with Crippen molar-refractivity contribution >= 4 is 55.1 Å². The van der Waals surface area contributed by atoms with Crippen molar-refractivity contribution in [3.8, 4) is 0 Å². The van der Waals surface area contributed by atoms with E-state index in [0.29, 0.717) is 12.2 Å². The summed E-state index contributed by atoms with van der Waals surface area (Å²) in [6.45, 7) is 5.05. The Labute approximate surface area is 226 Å². The monoisotopic (exact) mass is 579 g/mol. The van der Waals surface area contributed by atoms with Gasteiger partial charge in [0, 0.05) is 17.3 Å². The maximum absolute atomic E-state index is 13.2. The number of rotatable bonds is 5. The standard InChI is InChI=1S/C23H37N3O8S3/c1-4-37(32,33)10-8-16-22(30)25-17-13-36-35-9-6-5-7-15(11-19(28)24-16)34-20(29)12-18(27)21(14(2)3)26-23(17)31/h5,7,14-18,21,27H,4,6,8-13H2,1-3H3,(H,24,28)(H,25,30)(H,26,31)/b7-5+/t15-,16+,17-,18+,21-/m1/s1. The van der Waals surface area contributed by atoms with E-state index in [0.717, 1.165) is 0 Å². The van der Waals surface area contributed by atoms with Crippen LogP contribution in [0.2, 0.25) is 0 Å². The molecule has 0 saturated carbocycles. The largest absolute Gasteiger partial charge is 0.457 e. The molecule has 0 aromatic rings. The van der Waals surface area contributed by atoms with Gasteiger partial charge >= 0.3 is 5.97 Å². The molecule has 2 aliphatic heterocycles. The topological polar surface area (TPSA) is 168 Å². The smallest absolute Gasteiger partial charge is 0.309 e. The van der Waals surface area contributed by atoms with E-state index in [2.05, 4.69) is 16.0 Å². The summed E-state index contributed by atoms with van der Waals surface area (Å²) in [6.07, 6.45) is 0.934. The summed E-state index contributed by atoms with van der Waals surface area (Å²) >= 11 is 0. The van der Waals surface area contributed by atoms with Crippen molar-refractivity contribution in [2.75, 3.05) is 23.0 Å². The minimum Gasteiger partial charge on any atom is -0.457 e. The number of esters is 1. The third-order valence-corrected chi connectivity index (χ3v) is 10.1. The molecule has 3 amide bonds. The number of fused-ring (bicyclic) bond motifs is 7. The Morgan fingerprint density at radius 3 is 2.49 bits per heavy atom. The molecular weight excluding hydrogens is 542 g/mol. The molecule has 2 bridgehead atoms. The number of amides is 3. The maximum atomic E-state index is 13.2. The normalized spacial score (nSPS) is 30.1. The van der Waals surface area contributed by atoms with Crippen LogP contribution in [0, 0.1) is 5.92 Å². The number of nitrogens with one attached hydrogen (secondary N) is 3. The van der Waals surface area contributed by atoms with Gasteiger partial charge in [0.2, 0.25) is 17.7 Å². The second-order valence-corrected chi connectivity index (χ2v) is 14.4. The molecular formula is C23H37N3O8S3. The van der Waals surface area contributed by atoms with Crippen LogP contribution in [-0.4, -0.2) is 90.6 Å². The average molecular weight is 580 g/mol. The predicted octanol–water partition coefficient (Wildman–Crippen LogP) is 0.329. The van der Waals surface area contributed by atoms with E-state index in [-0.39, 0.29) is 36.0 Å². The molecule has 2 rings (SSSR count). The molecule has 0 unspecified atom stereocenters. The lowest BCUT2D eigenvalue weighted by Gasteiger charge is -2.29. The zero-order valence-electron chi connectivity index (χ0n) is 21.3. The Morgan fingerprint density at radius 2 is 1.81 bits per heavy atom. The van der Waals surface area contributed by atoms with Crippen molar-refractivity contribution in [3.05, 3.63) is 12.2 Å². The lowest BCUT2D eigenvalue weighted by molar-refractivity contribution is -0.151. The molecule has 0 aromatic heterocycles. The van der Waals surface area contributed by atoms with E-state index in [1.165, 1.54) is 28.5 Å². The molecule has 1 fully saturated rings. The first-order chi connectivity index (χ1) is 17.4. The highest BCUT2D eigenvalue weighted by molar-refractivity contribution is 8.76. The van der Waals surface area contributed by atoms with Gasteiger partial charge in [-0.15, -0.1) is 0 Å². The van der Waals surface area contributed by atoms with E-state index in [4.69, 9.17) is 4.74 Å². The summed E-state index contributed by atoms with van der Waals surface area (Å²) in [5.74, 6) is -2.42. The van der Waals surface area contributed by atoms with Crippen molar-refractivity contribution in [2.45, 2.75) is 76.8 Å². The maximum Gasteiger partial charge on any atom is 0.309 e. The number of allylic oxidation sites excluding steroid dienone is 1. The predicted molar refractivity (Wildman–Crippen MR) is 143 cm³/mol. The van der Waals surface area contributed by atoms with Crippen LogP contribution in [0.1, 0.15) is 46.5 Å². The van der Waals surface area contributed by atoms with Gasteiger partial charge < -0.3 is 25.8 Å². The summed E-state index contributed by atoms with van der Waals surface area (Å²) in [4.78, 5) is 51.9. The van der Waals surface area contributed by atoms with Gasteiger partial charge in [-0.05, 0) is 24.8 Å². The lowest BCUT2D eigenvalue weighted by atomic mass is 9.96. The number of ether oxygens (including phenoxy) is 1. The van der Waals surface area contributed by atoms with Crippen molar-refractivity contribution in [3.63, 3.8) is 0 Å². The zero-order chi connectivity index (χ0) is 27.6. The third-order valence-electron chi connectivity index (χ3n) is 5.97. The first-order valence-corrected chi connectivity index (χ1v) is 16.6. The van der Waals surface area contributed by atoms with Crippen molar-refractivity contribution in [1.82, 2.24) is 16.0 Å². The van der Waals surface area contributed by atoms with Gasteiger partial charge in [-0.2, -0.15) is 0 Å². The summed E-state index contributed by atoms with van der Waals surface area (Å²) < 4.78 is 29.6. The molecule has 5 atom stereocenters. The zero-order valence-corrected chi connectivity index (χ0v) is 23.8. The number of hydrogen-bond donors (Lipinski definition) is 4. The molecule has 0 aliphatic carbocycles. The molecule has 0 spiro atoms. The molecule has 2 heterocycles. The SMILES string of the molecule is CCS(=O)(=O)CC[C@@H]1NC(=O)C[C@H]2/C=C/CCSSC[C@@H](NC1=O)C(=O)N[C@H](C(C)C)[C@@H](O)CC(=O)O2. The summed E-state index contributed by atoms with van der Waals surface area (Å²) in [6, 6.07) is -3.04. The lowest BCUT2D eigenvalue weighted by Crippen LogP contribution is -2.58. The fraction of sp³-hybridized carbons (Fsp3) is 0.739. The second-order valence-electron chi connectivity index (χ2n) is 9.31. The number of hydrogen-bond acceptors (Lipinski definition) is 10. The summed E-state index contributed by atoms with van der Waals surface area (Å²) in [5, 5.41) is 18.7. The van der Waals surface area contributed by atoms with Crippen molar-refractivity contribution in [1.29, 1.82) is 0 Å². The number of sulfone groups is 1. The summed E-state index contributed by atoms with van der Waals surface area (Å²) in [7, 11) is -0.549. The molecule has 4 N–H and O–H groups in total. The van der Waals surface area contributed by atoms with Crippen LogP contribution in [0.4, 0.5) is 0 Å². The van der Waals surface area contributed by atoms with Gasteiger partial charge in [-0.25, -0.2) is 8.42 Å². The first-order valence-electron chi connectivity index (χ1n) is 12.3. The molecule has 11 nitrogen and oxygen atoms in total. The van der Waals surface area contributed by atoms with Gasteiger partial charge in [0.05, 0.1) is 30.7 Å². The van der Waals surface area contributed by atoms with Crippen LogP contribution in [-0.2, 0) is 33.8 Å². The number of aliphatic hydroxyl groups is 1. The van der Waals surface area contributed by atoms with Crippen LogP contribution in [0.15, 0.2) is 12.2 Å². The van der Waals surface area contributed by atoms with Crippen molar-refractivity contribution in [2.24, 2.45) is 5.92 Å². The van der Waals surface area contributed by atoms with Crippen molar-refractivity contribution < 1.29 is 37.4 Å². The van der Waals surface area contributed by atoms with Gasteiger partial charge in [0.1, 0.15) is 28.0 Å². The van der Waals surface area contributed by atoms with Crippen LogP contribution in [0.3, 0.4) is 0 Å². The van der Waals surface area contributed by atoms with E-state index < -0.39 is 70.3 Å². The molecule has 210 valence electrons. The molecule has 0 aromatic carbocycles. The fourth-order valence-corrected chi connectivity index (χ4v) is 6.82. The van der Waals surface area contributed by atoms with Crippen LogP contribution in [0.25, 0.3) is 0 Å². The number of carbonyl (C=O) groups excluding carboxylic acids is 4. The molecule has 2 aliphatic rings. The quantitative estimate of drug-likeness (QED) is 0.202. The van der Waals surface area contributed by atoms with Crippen LogP contribution >= 0.6 is 21.6 Å². The first kappa shape index (κ1) is 31.4. The Morgan fingerprint density at radius 1 is 1.08 bits per heavy atom. The van der Waals surface area contributed by atoms with E-state index in [1.807, 2.05) is 0 Å². The molecule has 14 heteroatoms. The number of aliphatic hydroxyl groups excluding tert-OH is 1. The van der Waals surface area contributed by atoms with E-state index >= 15 is 0 Å². The number of carbonyl (C=O) groups is 4. The highest BCUT2D eigenvalue weighted by atomic mass is 33.1. The third kappa shape index (κ3) is 10.9. The highest BCUT2D eigenvalue weighted by Gasteiger charge is 2.33. The molecule has 1 saturated heterocycles.